The van der Waals surface area contributed by atoms with Gasteiger partial charge in [-0.2, -0.15) is 5.10 Å². The van der Waals surface area contributed by atoms with E-state index < -0.39 is 0 Å². The summed E-state index contributed by atoms with van der Waals surface area (Å²) in [6, 6.07) is 15.3. The van der Waals surface area contributed by atoms with Gasteiger partial charge in [0.1, 0.15) is 5.75 Å². The first-order valence-corrected chi connectivity index (χ1v) is 7.63. The number of carbonyl (C=O) groups is 1. The molecule has 0 bridgehead atoms. The summed E-state index contributed by atoms with van der Waals surface area (Å²) in [5.74, 6) is 0.370. The molecule has 0 fully saturated rings. The number of benzene rings is 2. The lowest BCUT2D eigenvalue weighted by atomic mass is 10.1. The third-order valence-corrected chi connectivity index (χ3v) is 3.66. The molecule has 4 nitrogen and oxygen atoms in total. The maximum atomic E-state index is 11.8. The summed E-state index contributed by atoms with van der Waals surface area (Å²) in [5, 5.41) is 4.09. The molecule has 2 rings (SSSR count). The predicted molar refractivity (Wildman–Crippen MR) is 91.2 cm³/mol. The van der Waals surface area contributed by atoms with Crippen molar-refractivity contribution in [1.29, 1.82) is 0 Å². The van der Waals surface area contributed by atoms with Gasteiger partial charge in [-0.15, -0.1) is 0 Å². The van der Waals surface area contributed by atoms with Crippen LogP contribution < -0.4 is 10.2 Å². The van der Waals surface area contributed by atoms with Crippen LogP contribution in [-0.4, -0.2) is 18.2 Å². The first-order valence-electron chi connectivity index (χ1n) is 6.84. The van der Waals surface area contributed by atoms with E-state index in [2.05, 4.69) is 26.5 Å². The Morgan fingerprint density at radius 3 is 2.73 bits per heavy atom. The smallest absolute Gasteiger partial charge is 0.277 e. The summed E-state index contributed by atoms with van der Waals surface area (Å²) in [4.78, 5) is 11.8. The number of hydrogen-bond acceptors (Lipinski definition) is 3. The third-order valence-electron chi connectivity index (χ3n) is 2.97. The van der Waals surface area contributed by atoms with E-state index in [0.717, 1.165) is 21.3 Å². The monoisotopic (exact) mass is 360 g/mol. The second kappa shape index (κ2) is 7.75. The number of hydrogen-bond donors (Lipinski definition) is 1. The molecule has 1 amide bonds. The van der Waals surface area contributed by atoms with Gasteiger partial charge in [-0.25, -0.2) is 5.43 Å². The molecule has 2 aromatic carbocycles. The summed E-state index contributed by atoms with van der Waals surface area (Å²) in [6.45, 7) is 3.73. The molecule has 114 valence electrons. The molecule has 2 aromatic rings. The SMILES string of the molecule is C/C(=N/NC(=O)COc1cccc(C)c1)c1ccccc1Br. The van der Waals surface area contributed by atoms with E-state index in [1.807, 2.05) is 62.4 Å². The Morgan fingerprint density at radius 1 is 1.23 bits per heavy atom. The van der Waals surface area contributed by atoms with Crippen molar-refractivity contribution >= 4 is 27.5 Å². The van der Waals surface area contributed by atoms with Crippen molar-refractivity contribution in [2.75, 3.05) is 6.61 Å². The molecule has 0 spiro atoms. The van der Waals surface area contributed by atoms with Gasteiger partial charge in [-0.1, -0.05) is 46.3 Å². The van der Waals surface area contributed by atoms with Gasteiger partial charge in [0, 0.05) is 10.0 Å². The van der Waals surface area contributed by atoms with Crippen LogP contribution in [-0.2, 0) is 4.79 Å². The summed E-state index contributed by atoms with van der Waals surface area (Å²) >= 11 is 3.45. The van der Waals surface area contributed by atoms with Crippen molar-refractivity contribution in [3.8, 4) is 5.75 Å². The van der Waals surface area contributed by atoms with Gasteiger partial charge in [-0.3, -0.25) is 4.79 Å². The van der Waals surface area contributed by atoms with E-state index in [1.165, 1.54) is 0 Å². The Labute approximate surface area is 138 Å². The molecule has 0 aliphatic carbocycles. The number of carbonyl (C=O) groups excluding carboxylic acids is 1. The first kappa shape index (κ1) is 16.2. The highest BCUT2D eigenvalue weighted by Gasteiger charge is 2.05. The van der Waals surface area contributed by atoms with Gasteiger partial charge >= 0.3 is 0 Å². The number of rotatable bonds is 5. The van der Waals surface area contributed by atoms with Gasteiger partial charge in [0.25, 0.3) is 5.91 Å². The molecule has 22 heavy (non-hydrogen) atoms. The Kier molecular flexibility index (Phi) is 5.72. The fourth-order valence-corrected chi connectivity index (χ4v) is 2.42. The van der Waals surface area contributed by atoms with E-state index in [4.69, 9.17) is 4.74 Å². The summed E-state index contributed by atoms with van der Waals surface area (Å²) in [6.07, 6.45) is 0. The topological polar surface area (TPSA) is 50.7 Å². The summed E-state index contributed by atoms with van der Waals surface area (Å²) in [7, 11) is 0. The van der Waals surface area contributed by atoms with Gasteiger partial charge < -0.3 is 4.74 Å². The minimum absolute atomic E-state index is 0.0732. The highest BCUT2D eigenvalue weighted by atomic mass is 79.9. The van der Waals surface area contributed by atoms with Crippen molar-refractivity contribution < 1.29 is 9.53 Å². The van der Waals surface area contributed by atoms with E-state index in [-0.39, 0.29) is 12.5 Å². The Morgan fingerprint density at radius 2 is 2.00 bits per heavy atom. The third kappa shape index (κ3) is 4.70. The minimum atomic E-state index is -0.298. The molecule has 1 N–H and O–H groups in total. The lowest BCUT2D eigenvalue weighted by Gasteiger charge is -2.07. The van der Waals surface area contributed by atoms with Crippen LogP contribution in [0.5, 0.6) is 5.75 Å². The zero-order valence-electron chi connectivity index (χ0n) is 12.5. The van der Waals surface area contributed by atoms with Crippen LogP contribution in [0.2, 0.25) is 0 Å². The maximum absolute atomic E-state index is 11.8. The van der Waals surface area contributed by atoms with Crippen molar-refractivity contribution in [2.24, 2.45) is 5.10 Å². The fraction of sp³-hybridized carbons (Fsp3) is 0.176. The number of nitrogens with zero attached hydrogens (tertiary/aromatic N) is 1. The quantitative estimate of drug-likeness (QED) is 0.653. The predicted octanol–water partition coefficient (Wildman–Crippen LogP) is 3.68. The molecule has 5 heteroatoms. The lowest BCUT2D eigenvalue weighted by Crippen LogP contribution is -2.25. The first-order chi connectivity index (χ1) is 10.6. The summed E-state index contributed by atoms with van der Waals surface area (Å²) in [5.41, 5.74) is 5.23. The van der Waals surface area contributed by atoms with E-state index >= 15 is 0 Å². The average Bonchev–Trinajstić information content (AvgIpc) is 2.51. The van der Waals surface area contributed by atoms with Crippen molar-refractivity contribution in [2.45, 2.75) is 13.8 Å². The second-order valence-electron chi connectivity index (χ2n) is 4.82. The van der Waals surface area contributed by atoms with Gasteiger partial charge in [0.05, 0.1) is 5.71 Å². The second-order valence-corrected chi connectivity index (χ2v) is 5.67. The van der Waals surface area contributed by atoms with Gasteiger partial charge in [0.15, 0.2) is 6.61 Å². The molecule has 0 aliphatic heterocycles. The van der Waals surface area contributed by atoms with Gasteiger partial charge in [0.2, 0.25) is 0 Å². The van der Waals surface area contributed by atoms with Crippen LogP contribution in [0.4, 0.5) is 0 Å². The van der Waals surface area contributed by atoms with Crippen LogP contribution in [0.15, 0.2) is 58.1 Å². The van der Waals surface area contributed by atoms with Crippen molar-refractivity contribution in [3.63, 3.8) is 0 Å². The van der Waals surface area contributed by atoms with Crippen molar-refractivity contribution in [3.05, 3.63) is 64.1 Å². The number of aryl methyl sites for hydroxylation is 1. The molecule has 0 saturated carbocycles. The van der Waals surface area contributed by atoms with E-state index in [0.29, 0.717) is 5.75 Å². The Hall–Kier alpha value is -2.14. The lowest BCUT2D eigenvalue weighted by molar-refractivity contribution is -0.123. The molecule has 0 aromatic heterocycles. The van der Waals surface area contributed by atoms with Gasteiger partial charge in [-0.05, 0) is 37.6 Å². The van der Waals surface area contributed by atoms with E-state index in [1.54, 1.807) is 0 Å². The normalized spacial score (nSPS) is 11.1. The van der Waals surface area contributed by atoms with Crippen LogP contribution in [0.3, 0.4) is 0 Å². The zero-order chi connectivity index (χ0) is 15.9. The number of nitrogens with one attached hydrogen (secondary N) is 1. The van der Waals surface area contributed by atoms with Crippen LogP contribution in [0.25, 0.3) is 0 Å². The number of amides is 1. The van der Waals surface area contributed by atoms with Crippen molar-refractivity contribution in [1.82, 2.24) is 5.43 Å². The Bertz CT molecular complexity index is 699. The largest absolute Gasteiger partial charge is 0.484 e. The number of ether oxygens (including phenoxy) is 1. The Balaban J connectivity index is 1.90. The van der Waals surface area contributed by atoms with Crippen LogP contribution in [0.1, 0.15) is 18.1 Å². The minimum Gasteiger partial charge on any atom is -0.484 e. The number of halogens is 1. The molecule has 0 unspecified atom stereocenters. The molecule has 0 heterocycles. The standard InChI is InChI=1S/C17H17BrN2O2/c1-12-6-5-7-14(10-12)22-11-17(21)20-19-13(2)15-8-3-4-9-16(15)18/h3-10H,11H2,1-2H3,(H,20,21)/b19-13-. The van der Waals surface area contributed by atoms with Crippen LogP contribution >= 0.6 is 15.9 Å². The van der Waals surface area contributed by atoms with Crippen LogP contribution in [0, 0.1) is 6.92 Å². The zero-order valence-corrected chi connectivity index (χ0v) is 14.1. The highest BCUT2D eigenvalue weighted by Crippen LogP contribution is 2.16. The number of hydrazone groups is 1. The molecular formula is C17H17BrN2O2. The maximum Gasteiger partial charge on any atom is 0.277 e. The molecule has 0 saturated heterocycles. The average molecular weight is 361 g/mol. The molecule has 0 atom stereocenters. The summed E-state index contributed by atoms with van der Waals surface area (Å²) < 4.78 is 6.35. The molecular weight excluding hydrogens is 344 g/mol. The highest BCUT2D eigenvalue weighted by molar-refractivity contribution is 9.10. The van der Waals surface area contributed by atoms with E-state index in [9.17, 15) is 4.79 Å². The molecule has 0 radical (unpaired) electrons. The fourth-order valence-electron chi connectivity index (χ4n) is 1.85. The molecule has 0 aliphatic rings.